The zero-order valence-corrected chi connectivity index (χ0v) is 21.0. The molecule has 1 fully saturated rings. The number of benzene rings is 1. The SMILES string of the molecule is Cc1cc(-c2cccc(-n3nc(C(F)(F)F)nc3Nc3ccc4c(c3)CCC(N3CCCC3)CC4)n2)no1. The summed E-state index contributed by atoms with van der Waals surface area (Å²) in [5.74, 6) is -0.531. The zero-order valence-electron chi connectivity index (χ0n) is 21.0. The number of aromatic nitrogens is 5. The van der Waals surface area contributed by atoms with E-state index in [0.29, 0.717) is 28.9 Å². The van der Waals surface area contributed by atoms with Gasteiger partial charge in [-0.3, -0.25) is 0 Å². The minimum absolute atomic E-state index is 0.0678. The molecule has 0 saturated carbocycles. The van der Waals surface area contributed by atoms with E-state index in [9.17, 15) is 13.2 Å². The van der Waals surface area contributed by atoms with Crippen LogP contribution in [-0.4, -0.2) is 48.9 Å². The summed E-state index contributed by atoms with van der Waals surface area (Å²) < 4.78 is 47.0. The minimum Gasteiger partial charge on any atom is -0.361 e. The fraction of sp³-hybridized carbons (Fsp3) is 0.407. The lowest BCUT2D eigenvalue weighted by Crippen LogP contribution is -2.32. The molecular weight excluding hydrogens is 495 g/mol. The third kappa shape index (κ3) is 5.02. The second-order valence-corrected chi connectivity index (χ2v) is 9.96. The Morgan fingerprint density at radius 3 is 2.47 bits per heavy atom. The Labute approximate surface area is 217 Å². The van der Waals surface area contributed by atoms with Gasteiger partial charge in [0.25, 0.3) is 5.82 Å². The highest BCUT2D eigenvalue weighted by Crippen LogP contribution is 2.32. The molecule has 38 heavy (non-hydrogen) atoms. The van der Waals surface area contributed by atoms with Gasteiger partial charge in [0.2, 0.25) is 5.95 Å². The van der Waals surface area contributed by atoms with E-state index in [1.807, 2.05) is 12.1 Å². The molecule has 1 unspecified atom stereocenters. The number of rotatable bonds is 5. The lowest BCUT2D eigenvalue weighted by molar-refractivity contribution is -0.144. The summed E-state index contributed by atoms with van der Waals surface area (Å²) in [6.45, 7) is 4.11. The van der Waals surface area contributed by atoms with Crippen LogP contribution in [0.1, 0.15) is 48.4 Å². The monoisotopic (exact) mass is 523 g/mol. The number of anilines is 2. The normalized spacial score (nSPS) is 18.4. The molecule has 4 aromatic rings. The molecule has 0 amide bonds. The number of pyridine rings is 1. The Kier molecular flexibility index (Phi) is 6.38. The first-order chi connectivity index (χ1) is 18.3. The Bertz CT molecular complexity index is 1440. The molecule has 4 heterocycles. The van der Waals surface area contributed by atoms with Crippen molar-refractivity contribution in [1.82, 2.24) is 29.8 Å². The molecule has 0 spiro atoms. The average Bonchev–Trinajstić information content (AvgIpc) is 3.64. The smallest absolute Gasteiger partial charge is 0.361 e. The molecule has 2 aliphatic rings. The van der Waals surface area contributed by atoms with Crippen LogP contribution >= 0.6 is 0 Å². The molecule has 1 saturated heterocycles. The van der Waals surface area contributed by atoms with Crippen LogP contribution < -0.4 is 5.32 Å². The molecule has 0 radical (unpaired) electrons. The number of nitrogens with one attached hydrogen (secondary N) is 1. The summed E-state index contributed by atoms with van der Waals surface area (Å²) in [6, 6.07) is 13.2. The number of fused-ring (bicyclic) bond motifs is 1. The van der Waals surface area contributed by atoms with Crippen LogP contribution in [0.25, 0.3) is 17.2 Å². The van der Waals surface area contributed by atoms with Crippen LogP contribution in [0.2, 0.25) is 0 Å². The lowest BCUT2D eigenvalue weighted by Gasteiger charge is -2.25. The van der Waals surface area contributed by atoms with Gasteiger partial charge in [0.15, 0.2) is 5.82 Å². The maximum atomic E-state index is 13.6. The largest absolute Gasteiger partial charge is 0.453 e. The minimum atomic E-state index is -4.71. The second kappa shape index (κ2) is 9.86. The van der Waals surface area contributed by atoms with Crippen molar-refractivity contribution in [3.05, 3.63) is 65.2 Å². The highest BCUT2D eigenvalue weighted by molar-refractivity contribution is 5.59. The standard InChI is InChI=1S/C27H28F3N7O/c1-17-15-23(35-38-17)22-5-4-6-24(32-22)37-26(33-25(34-37)27(28,29)30)31-20-10-7-18-8-11-21(12-9-19(18)16-20)36-13-2-3-14-36/h4-7,10,15-16,21H,2-3,8-9,11-14H2,1H3,(H,31,33,34). The van der Waals surface area contributed by atoms with E-state index in [1.54, 1.807) is 31.2 Å². The highest BCUT2D eigenvalue weighted by atomic mass is 19.4. The first-order valence-electron chi connectivity index (χ1n) is 12.9. The van der Waals surface area contributed by atoms with Gasteiger partial charge in [0, 0.05) is 17.8 Å². The van der Waals surface area contributed by atoms with Crippen LogP contribution in [0.5, 0.6) is 0 Å². The molecule has 1 aliphatic heterocycles. The van der Waals surface area contributed by atoms with Crippen LogP contribution in [-0.2, 0) is 19.0 Å². The molecule has 0 bridgehead atoms. The number of hydrogen-bond donors (Lipinski definition) is 1. The maximum Gasteiger partial charge on any atom is 0.453 e. The molecule has 3 aromatic heterocycles. The number of halogens is 3. The van der Waals surface area contributed by atoms with Crippen LogP contribution in [0, 0.1) is 6.92 Å². The van der Waals surface area contributed by atoms with Gasteiger partial charge in [0.05, 0.1) is 5.69 Å². The fourth-order valence-electron chi connectivity index (χ4n) is 5.41. The van der Waals surface area contributed by atoms with Gasteiger partial charge in [-0.2, -0.15) is 22.8 Å². The zero-order chi connectivity index (χ0) is 26.3. The molecule has 198 valence electrons. The molecular formula is C27H28F3N7O. The van der Waals surface area contributed by atoms with Crippen molar-refractivity contribution in [2.24, 2.45) is 0 Å². The van der Waals surface area contributed by atoms with Crippen molar-refractivity contribution in [3.8, 4) is 17.2 Å². The van der Waals surface area contributed by atoms with Gasteiger partial charge in [-0.25, -0.2) is 4.98 Å². The van der Waals surface area contributed by atoms with Gasteiger partial charge < -0.3 is 14.7 Å². The predicted octanol–water partition coefficient (Wildman–Crippen LogP) is 5.73. The van der Waals surface area contributed by atoms with E-state index < -0.39 is 12.0 Å². The molecule has 1 aliphatic carbocycles. The van der Waals surface area contributed by atoms with E-state index in [2.05, 4.69) is 36.5 Å². The first kappa shape index (κ1) is 24.6. The summed E-state index contributed by atoms with van der Waals surface area (Å²) >= 11 is 0. The predicted molar refractivity (Wildman–Crippen MR) is 135 cm³/mol. The van der Waals surface area contributed by atoms with Gasteiger partial charge in [-0.1, -0.05) is 17.3 Å². The number of hydrogen-bond acceptors (Lipinski definition) is 7. The Morgan fingerprint density at radius 2 is 1.74 bits per heavy atom. The number of alkyl halides is 3. The molecule has 1 N–H and O–H groups in total. The molecule has 1 atom stereocenters. The van der Waals surface area contributed by atoms with E-state index in [4.69, 9.17) is 4.52 Å². The molecule has 11 heteroatoms. The first-order valence-corrected chi connectivity index (χ1v) is 12.9. The van der Waals surface area contributed by atoms with Crippen molar-refractivity contribution < 1.29 is 17.7 Å². The topological polar surface area (TPSA) is 84.9 Å². The molecule has 1 aromatic carbocycles. The van der Waals surface area contributed by atoms with Gasteiger partial charge in [-0.15, -0.1) is 5.10 Å². The number of likely N-dealkylation sites (tertiary alicyclic amines) is 1. The summed E-state index contributed by atoms with van der Waals surface area (Å²) in [5.41, 5.74) is 4.11. The van der Waals surface area contributed by atoms with Crippen molar-refractivity contribution >= 4 is 11.6 Å². The quantitative estimate of drug-likeness (QED) is 0.334. The average molecular weight is 524 g/mol. The molecule has 6 rings (SSSR count). The van der Waals surface area contributed by atoms with E-state index in [-0.39, 0.29) is 11.8 Å². The second-order valence-electron chi connectivity index (χ2n) is 9.96. The van der Waals surface area contributed by atoms with Crippen molar-refractivity contribution in [3.63, 3.8) is 0 Å². The summed E-state index contributed by atoms with van der Waals surface area (Å²) in [7, 11) is 0. The molecule has 8 nitrogen and oxygen atoms in total. The van der Waals surface area contributed by atoms with Crippen LogP contribution in [0.4, 0.5) is 24.8 Å². The number of aryl methyl sites for hydroxylation is 3. The van der Waals surface area contributed by atoms with Crippen LogP contribution in [0.3, 0.4) is 0 Å². The van der Waals surface area contributed by atoms with Crippen molar-refractivity contribution in [2.45, 2.75) is 57.7 Å². The van der Waals surface area contributed by atoms with Gasteiger partial charge in [0.1, 0.15) is 11.5 Å². The van der Waals surface area contributed by atoms with Crippen LogP contribution in [0.15, 0.2) is 47.0 Å². The van der Waals surface area contributed by atoms with E-state index in [0.717, 1.165) is 30.4 Å². The maximum absolute atomic E-state index is 13.6. The third-order valence-corrected chi connectivity index (χ3v) is 7.32. The van der Waals surface area contributed by atoms with Gasteiger partial charge in [-0.05, 0) is 93.9 Å². The third-order valence-electron chi connectivity index (χ3n) is 7.32. The summed E-state index contributed by atoms with van der Waals surface area (Å²) in [6.07, 6.45) is 2.00. The highest BCUT2D eigenvalue weighted by Gasteiger charge is 2.37. The van der Waals surface area contributed by atoms with Gasteiger partial charge >= 0.3 is 6.18 Å². The Balaban J connectivity index is 1.29. The van der Waals surface area contributed by atoms with E-state index in [1.165, 1.54) is 37.1 Å². The Morgan fingerprint density at radius 1 is 0.947 bits per heavy atom. The van der Waals surface area contributed by atoms with Crippen molar-refractivity contribution in [1.29, 1.82) is 0 Å². The lowest BCUT2D eigenvalue weighted by atomic mass is 10.0. The number of nitrogens with zero attached hydrogens (tertiary/aromatic N) is 6. The fourth-order valence-corrected chi connectivity index (χ4v) is 5.41. The summed E-state index contributed by atoms with van der Waals surface area (Å²) in [4.78, 5) is 10.9. The summed E-state index contributed by atoms with van der Waals surface area (Å²) in [5, 5.41) is 10.8. The van der Waals surface area contributed by atoms with Crippen molar-refractivity contribution in [2.75, 3.05) is 18.4 Å². The Hall–Kier alpha value is -3.73. The van der Waals surface area contributed by atoms with E-state index >= 15 is 0 Å².